The molecule has 75 heavy (non-hydrogen) atoms. The molecule has 1 amide bonds. The van der Waals surface area contributed by atoms with E-state index in [1.54, 1.807) is 6.08 Å². The zero-order valence-electron chi connectivity index (χ0n) is 50.8. The predicted octanol–water partition coefficient (Wildman–Crippen LogP) is 21.8. The first kappa shape index (κ1) is 73.3. The first-order valence-corrected chi connectivity index (χ1v) is 34.1. The molecule has 0 saturated carbocycles. The van der Waals surface area contributed by atoms with Crippen molar-refractivity contribution in [2.24, 2.45) is 0 Å². The van der Waals surface area contributed by atoms with Gasteiger partial charge in [-0.3, -0.25) is 9.59 Å². The van der Waals surface area contributed by atoms with Crippen LogP contribution in [0.1, 0.15) is 380 Å². The van der Waals surface area contributed by atoms with E-state index in [1.165, 1.54) is 308 Å². The van der Waals surface area contributed by atoms with Crippen LogP contribution in [-0.4, -0.2) is 47.4 Å². The maximum Gasteiger partial charge on any atom is 0.305 e. The van der Waals surface area contributed by atoms with Crippen LogP contribution in [0.5, 0.6) is 0 Å². The van der Waals surface area contributed by atoms with Crippen molar-refractivity contribution in [2.45, 2.75) is 392 Å². The molecule has 0 heterocycles. The third-order valence-corrected chi connectivity index (χ3v) is 16.0. The normalized spacial score (nSPS) is 12.6. The molecule has 3 N–H and O–H groups in total. The lowest BCUT2D eigenvalue weighted by Crippen LogP contribution is -2.45. The highest BCUT2D eigenvalue weighted by Crippen LogP contribution is 2.18. The largest absolute Gasteiger partial charge is 0.466 e. The first-order chi connectivity index (χ1) is 37.0. The Balaban J connectivity index is 3.34. The minimum atomic E-state index is -0.841. The summed E-state index contributed by atoms with van der Waals surface area (Å²) in [7, 11) is 0. The van der Waals surface area contributed by atoms with Crippen molar-refractivity contribution >= 4 is 11.9 Å². The maximum absolute atomic E-state index is 12.5. The second-order valence-corrected chi connectivity index (χ2v) is 23.5. The van der Waals surface area contributed by atoms with Gasteiger partial charge in [0.05, 0.1) is 25.4 Å². The van der Waals surface area contributed by atoms with Gasteiger partial charge in [-0.25, -0.2) is 0 Å². The molecule has 0 rings (SSSR count). The van der Waals surface area contributed by atoms with Gasteiger partial charge in [0.2, 0.25) is 5.91 Å². The smallest absolute Gasteiger partial charge is 0.305 e. The number of amides is 1. The molecule has 0 radical (unpaired) electrons. The Morgan fingerprint density at radius 2 is 0.627 bits per heavy atom. The summed E-state index contributed by atoms with van der Waals surface area (Å²) in [5, 5.41) is 23.1. The Bertz CT molecular complexity index is 1170. The van der Waals surface area contributed by atoms with E-state index in [0.29, 0.717) is 19.4 Å². The summed E-state index contributed by atoms with van der Waals surface area (Å²) in [5.41, 5.74) is 0. The molecule has 0 fully saturated rings. The van der Waals surface area contributed by atoms with Gasteiger partial charge in [-0.1, -0.05) is 334 Å². The zero-order chi connectivity index (χ0) is 54.3. The fourth-order valence-electron chi connectivity index (χ4n) is 10.7. The van der Waals surface area contributed by atoms with Crippen LogP contribution in [0.15, 0.2) is 24.3 Å². The number of carbonyl (C=O) groups is 2. The van der Waals surface area contributed by atoms with Gasteiger partial charge < -0.3 is 20.3 Å². The number of rotatable bonds is 64. The Hall–Kier alpha value is -1.66. The number of ether oxygens (including phenoxy) is 1. The minimum absolute atomic E-state index is 0.0116. The van der Waals surface area contributed by atoms with Crippen molar-refractivity contribution in [1.82, 2.24) is 5.32 Å². The van der Waals surface area contributed by atoms with Crippen molar-refractivity contribution in [3.05, 3.63) is 24.3 Å². The number of allylic oxidation sites excluding steroid dienone is 3. The molecule has 2 atom stereocenters. The maximum atomic E-state index is 12.5. The van der Waals surface area contributed by atoms with E-state index < -0.39 is 12.1 Å². The molecule has 0 bridgehead atoms. The average molecular weight is 1060 g/mol. The molecule has 0 aromatic carbocycles. The number of aliphatic hydroxyl groups excluding tert-OH is 2. The Kier molecular flexibility index (Phi) is 63.4. The quantitative estimate of drug-likeness (QED) is 0.0320. The Labute approximate surface area is 469 Å². The number of carbonyl (C=O) groups excluding carboxylic acids is 2. The van der Waals surface area contributed by atoms with Gasteiger partial charge in [0.25, 0.3) is 0 Å². The summed E-state index contributed by atoms with van der Waals surface area (Å²) in [5.74, 6) is -0.0514. The number of unbranched alkanes of at least 4 members (excludes halogenated alkanes) is 51. The highest BCUT2D eigenvalue weighted by molar-refractivity contribution is 5.76. The van der Waals surface area contributed by atoms with Crippen LogP contribution in [0.25, 0.3) is 0 Å². The van der Waals surface area contributed by atoms with Crippen molar-refractivity contribution in [1.29, 1.82) is 0 Å². The molecule has 0 saturated heterocycles. The van der Waals surface area contributed by atoms with Gasteiger partial charge in [0.1, 0.15) is 0 Å². The number of hydrogen-bond donors (Lipinski definition) is 3. The Morgan fingerprint density at radius 1 is 0.360 bits per heavy atom. The van der Waals surface area contributed by atoms with Gasteiger partial charge in [-0.05, 0) is 57.8 Å². The highest BCUT2D eigenvalue weighted by atomic mass is 16.5. The summed E-state index contributed by atoms with van der Waals surface area (Å²) in [4.78, 5) is 24.5. The molecule has 2 unspecified atom stereocenters. The van der Waals surface area contributed by atoms with E-state index >= 15 is 0 Å². The average Bonchev–Trinajstić information content (AvgIpc) is 3.41. The van der Waals surface area contributed by atoms with E-state index in [9.17, 15) is 19.8 Å². The van der Waals surface area contributed by atoms with E-state index in [0.717, 1.165) is 44.9 Å². The standard InChI is InChI=1S/C69H133NO5/c1-3-5-7-9-11-13-15-17-19-35-39-43-47-51-55-59-63-69(74)75-64-60-56-52-48-44-40-36-33-31-29-27-25-23-21-20-22-24-26-28-30-32-34-38-42-46-50-54-58-62-68(73)70-66(65-71)67(72)61-57-53-49-45-41-37-18-16-14-12-10-8-6-4-2/h19,35,57,61,66-67,71-72H,3-18,20-34,36-56,58-60,62-65H2,1-2H3,(H,70,73)/b35-19-,61-57+. The monoisotopic (exact) mass is 1060 g/mol. The third-order valence-electron chi connectivity index (χ3n) is 16.0. The van der Waals surface area contributed by atoms with E-state index in [1.807, 2.05) is 6.08 Å². The fraction of sp³-hybridized carbons (Fsp3) is 0.913. The summed E-state index contributed by atoms with van der Waals surface area (Å²) >= 11 is 0. The lowest BCUT2D eigenvalue weighted by molar-refractivity contribution is -0.143. The lowest BCUT2D eigenvalue weighted by atomic mass is 10.0. The van der Waals surface area contributed by atoms with Gasteiger partial charge in [-0.2, -0.15) is 0 Å². The van der Waals surface area contributed by atoms with Gasteiger partial charge in [-0.15, -0.1) is 0 Å². The second kappa shape index (κ2) is 64.9. The molecular weight excluding hydrogens is 923 g/mol. The van der Waals surface area contributed by atoms with E-state index in [-0.39, 0.29) is 18.5 Å². The third kappa shape index (κ3) is 61.4. The number of hydrogen-bond acceptors (Lipinski definition) is 5. The highest BCUT2D eigenvalue weighted by Gasteiger charge is 2.18. The molecular formula is C69H133NO5. The summed E-state index contributed by atoms with van der Waals surface area (Å²) in [6.45, 7) is 4.92. The first-order valence-electron chi connectivity index (χ1n) is 34.1. The van der Waals surface area contributed by atoms with Gasteiger partial charge in [0.15, 0.2) is 0 Å². The van der Waals surface area contributed by atoms with Crippen molar-refractivity contribution in [2.75, 3.05) is 13.2 Å². The summed E-state index contributed by atoms with van der Waals surface area (Å²) < 4.78 is 5.50. The predicted molar refractivity (Wildman–Crippen MR) is 329 cm³/mol. The van der Waals surface area contributed by atoms with Gasteiger partial charge >= 0.3 is 5.97 Å². The number of nitrogens with one attached hydrogen (secondary N) is 1. The van der Waals surface area contributed by atoms with Crippen LogP contribution in [0.2, 0.25) is 0 Å². The summed E-state index contributed by atoms with van der Waals surface area (Å²) in [6, 6.07) is -0.625. The molecule has 0 aromatic heterocycles. The summed E-state index contributed by atoms with van der Waals surface area (Å²) in [6.07, 6.45) is 81.1. The Morgan fingerprint density at radius 3 is 0.947 bits per heavy atom. The molecule has 0 aliphatic rings. The number of aliphatic hydroxyl groups is 2. The van der Waals surface area contributed by atoms with Crippen molar-refractivity contribution < 1.29 is 24.5 Å². The fourth-order valence-corrected chi connectivity index (χ4v) is 10.7. The molecule has 0 aromatic rings. The molecule has 0 aliphatic heterocycles. The van der Waals surface area contributed by atoms with Crippen LogP contribution < -0.4 is 5.32 Å². The second-order valence-electron chi connectivity index (χ2n) is 23.5. The topological polar surface area (TPSA) is 95.9 Å². The molecule has 6 nitrogen and oxygen atoms in total. The molecule has 6 heteroatoms. The van der Waals surface area contributed by atoms with Crippen molar-refractivity contribution in [3.8, 4) is 0 Å². The van der Waals surface area contributed by atoms with Crippen LogP contribution in [-0.2, 0) is 14.3 Å². The van der Waals surface area contributed by atoms with Crippen LogP contribution in [0, 0.1) is 0 Å². The van der Waals surface area contributed by atoms with Crippen LogP contribution >= 0.6 is 0 Å². The van der Waals surface area contributed by atoms with E-state index in [4.69, 9.17) is 4.74 Å². The minimum Gasteiger partial charge on any atom is -0.466 e. The molecule has 444 valence electrons. The van der Waals surface area contributed by atoms with E-state index in [2.05, 4.69) is 31.3 Å². The van der Waals surface area contributed by atoms with Crippen molar-refractivity contribution in [3.63, 3.8) is 0 Å². The molecule has 0 aliphatic carbocycles. The molecule has 0 spiro atoms. The van der Waals surface area contributed by atoms with Crippen LogP contribution in [0.3, 0.4) is 0 Å². The lowest BCUT2D eigenvalue weighted by Gasteiger charge is -2.20. The van der Waals surface area contributed by atoms with Gasteiger partial charge in [0, 0.05) is 12.8 Å². The number of esters is 1. The van der Waals surface area contributed by atoms with Crippen LogP contribution in [0.4, 0.5) is 0 Å². The zero-order valence-corrected chi connectivity index (χ0v) is 50.8. The SMILES string of the molecule is CCCCCCCCC/C=C\CCCCCCCC(=O)OCCCCCCCCCCCCCCCCCCCCCCCCCCCCCCC(=O)NC(CO)C(O)/C=C/CCCCCCCCCCCCCC.